The van der Waals surface area contributed by atoms with Crippen molar-refractivity contribution in [3.8, 4) is 0 Å². The van der Waals surface area contributed by atoms with Gasteiger partial charge < -0.3 is 29.2 Å². The van der Waals surface area contributed by atoms with Crippen LogP contribution in [0.1, 0.15) is 23.1 Å². The Morgan fingerprint density at radius 3 is 1.98 bits per heavy atom. The molecule has 2 aliphatic heterocycles. The predicted molar refractivity (Wildman–Crippen MR) is 170 cm³/mol. The lowest BCUT2D eigenvalue weighted by Gasteiger charge is -2.33. The molecule has 2 heterocycles. The van der Waals surface area contributed by atoms with Gasteiger partial charge in [-0.05, 0) is 41.5 Å². The molecule has 0 aromatic heterocycles. The van der Waals surface area contributed by atoms with Crippen LogP contribution in [0.4, 0.5) is 24.5 Å². The minimum atomic E-state index is -4.45. The smallest absolute Gasteiger partial charge is 0.378 e. The molecule has 0 unspecified atom stereocenters. The number of nitrogens with one attached hydrogen (secondary N) is 1. The molecule has 0 saturated carbocycles. The zero-order chi connectivity index (χ0) is 32.2. The molecule has 3 aromatic rings. The van der Waals surface area contributed by atoms with Crippen LogP contribution in [0.2, 0.25) is 0 Å². The number of amides is 1. The molecule has 1 saturated heterocycles. The number of para-hydroxylation sites is 1. The van der Waals surface area contributed by atoms with E-state index in [2.05, 4.69) is 22.3 Å². The van der Waals surface area contributed by atoms with E-state index in [0.29, 0.717) is 65.1 Å². The Balaban J connectivity index is 1.13. The fourth-order valence-electron chi connectivity index (χ4n) is 5.19. The van der Waals surface area contributed by atoms with Crippen LogP contribution in [-0.4, -0.2) is 83.3 Å². The van der Waals surface area contributed by atoms with Gasteiger partial charge in [-0.15, -0.1) is 0 Å². The molecule has 0 atom stereocenters. The first-order chi connectivity index (χ1) is 22.4. The van der Waals surface area contributed by atoms with E-state index in [4.69, 9.17) is 18.9 Å². The Hall–Kier alpha value is -3.13. The number of carbonyl (C=O) groups is 1. The summed E-state index contributed by atoms with van der Waals surface area (Å²) in [6.07, 6.45) is -4.32. The average molecular weight is 660 g/mol. The number of hydrogen-bond acceptors (Lipinski definition) is 8. The Bertz CT molecular complexity index is 1390. The summed E-state index contributed by atoms with van der Waals surface area (Å²) in [5.41, 5.74) is 2.64. The van der Waals surface area contributed by atoms with Crippen molar-refractivity contribution in [3.63, 3.8) is 0 Å². The van der Waals surface area contributed by atoms with Gasteiger partial charge >= 0.3 is 6.18 Å². The molecular weight excluding hydrogens is 619 g/mol. The maximum absolute atomic E-state index is 13.5. The Labute approximate surface area is 272 Å². The summed E-state index contributed by atoms with van der Waals surface area (Å²) in [5.74, 6) is -0.175. The highest BCUT2D eigenvalue weighted by Gasteiger charge is 2.33. The SMILES string of the molecule is O=C(CCN1c2ccccc2Sc2ccc(C(F)(F)F)cc21)NCc1ccc(CN2CCOCCOCCOCCOCC2)cc1. The second-order valence-corrected chi connectivity index (χ2v) is 12.1. The molecule has 1 amide bonds. The summed E-state index contributed by atoms with van der Waals surface area (Å²) in [4.78, 5) is 18.6. The van der Waals surface area contributed by atoms with E-state index in [-0.39, 0.29) is 18.9 Å². The van der Waals surface area contributed by atoms with E-state index >= 15 is 0 Å². The number of hydrogen-bond donors (Lipinski definition) is 1. The van der Waals surface area contributed by atoms with Crippen LogP contribution in [-0.2, 0) is 43.0 Å². The largest absolute Gasteiger partial charge is 0.416 e. The van der Waals surface area contributed by atoms with Gasteiger partial charge in [-0.1, -0.05) is 48.2 Å². The van der Waals surface area contributed by atoms with E-state index in [0.717, 1.165) is 52.3 Å². The van der Waals surface area contributed by atoms with Crippen LogP contribution < -0.4 is 10.2 Å². The zero-order valence-corrected chi connectivity index (χ0v) is 26.5. The summed E-state index contributed by atoms with van der Waals surface area (Å²) in [7, 11) is 0. The first-order valence-corrected chi connectivity index (χ1v) is 16.3. The van der Waals surface area contributed by atoms with Gasteiger partial charge in [-0.25, -0.2) is 0 Å². The number of alkyl halides is 3. The number of carbonyl (C=O) groups excluding carboxylic acids is 1. The topological polar surface area (TPSA) is 72.5 Å². The minimum Gasteiger partial charge on any atom is -0.378 e. The molecule has 0 spiro atoms. The van der Waals surface area contributed by atoms with Gasteiger partial charge in [0.2, 0.25) is 5.91 Å². The summed E-state index contributed by atoms with van der Waals surface area (Å²) in [6, 6.07) is 19.4. The van der Waals surface area contributed by atoms with Gasteiger partial charge in [-0.3, -0.25) is 9.69 Å². The molecule has 0 aliphatic carbocycles. The lowest BCUT2D eigenvalue weighted by molar-refractivity contribution is -0.137. The van der Waals surface area contributed by atoms with Gasteiger partial charge in [0, 0.05) is 48.9 Å². The second-order valence-electron chi connectivity index (χ2n) is 11.0. The summed E-state index contributed by atoms with van der Waals surface area (Å²) in [6.45, 7) is 7.33. The van der Waals surface area contributed by atoms with Crippen molar-refractivity contribution in [2.45, 2.75) is 35.5 Å². The monoisotopic (exact) mass is 659 g/mol. The van der Waals surface area contributed by atoms with E-state index in [9.17, 15) is 18.0 Å². The quantitative estimate of drug-likeness (QED) is 0.337. The first-order valence-electron chi connectivity index (χ1n) is 15.5. The van der Waals surface area contributed by atoms with Crippen LogP contribution in [0.5, 0.6) is 0 Å². The van der Waals surface area contributed by atoms with E-state index in [1.807, 2.05) is 41.3 Å². The molecule has 0 radical (unpaired) electrons. The van der Waals surface area contributed by atoms with Crippen molar-refractivity contribution in [2.24, 2.45) is 0 Å². The first kappa shape index (κ1) is 34.2. The van der Waals surface area contributed by atoms with E-state index in [1.165, 1.54) is 23.9 Å². The highest BCUT2D eigenvalue weighted by Crippen LogP contribution is 2.49. The van der Waals surface area contributed by atoms with Gasteiger partial charge in [0.25, 0.3) is 0 Å². The van der Waals surface area contributed by atoms with Gasteiger partial charge in [0.1, 0.15) is 0 Å². The molecule has 1 N–H and O–H groups in total. The number of halogens is 3. The number of rotatable bonds is 7. The fourth-order valence-corrected chi connectivity index (χ4v) is 6.26. The van der Waals surface area contributed by atoms with Crippen molar-refractivity contribution >= 4 is 29.0 Å². The van der Waals surface area contributed by atoms with E-state index in [1.54, 1.807) is 0 Å². The van der Waals surface area contributed by atoms with Crippen LogP contribution in [0.3, 0.4) is 0 Å². The number of fused-ring (bicyclic) bond motifs is 2. The average Bonchev–Trinajstić information content (AvgIpc) is 3.06. The Morgan fingerprint density at radius 2 is 1.33 bits per heavy atom. The third-order valence-electron chi connectivity index (χ3n) is 7.65. The van der Waals surface area contributed by atoms with E-state index < -0.39 is 11.7 Å². The summed E-state index contributed by atoms with van der Waals surface area (Å²) in [5, 5.41) is 2.96. The molecule has 0 bridgehead atoms. The third kappa shape index (κ3) is 10.2. The molecule has 1 fully saturated rings. The Morgan fingerprint density at radius 1 is 0.739 bits per heavy atom. The predicted octanol–water partition coefficient (Wildman–Crippen LogP) is 5.90. The van der Waals surface area contributed by atoms with Crippen LogP contribution in [0.15, 0.2) is 76.5 Å². The molecular formula is C34H40F3N3O5S. The summed E-state index contributed by atoms with van der Waals surface area (Å²) < 4.78 is 63.0. The van der Waals surface area contributed by atoms with Crippen LogP contribution in [0.25, 0.3) is 0 Å². The Kier molecular flexibility index (Phi) is 12.8. The highest BCUT2D eigenvalue weighted by atomic mass is 32.2. The molecule has 12 heteroatoms. The fraction of sp³-hybridized carbons (Fsp3) is 0.441. The number of nitrogens with zero attached hydrogens (tertiary/aromatic N) is 2. The lowest BCUT2D eigenvalue weighted by Crippen LogP contribution is -2.31. The standard InChI is InChI=1S/C34H40F3N3O5S/c35-34(36,37)28-9-10-32-30(23-28)40(29-3-1-2-4-31(29)46-32)12-11-33(41)38-24-26-5-7-27(8-6-26)25-39-13-15-42-17-19-44-21-22-45-20-18-43-16-14-39/h1-10,23H,11-22,24-25H2,(H,38,41). The molecule has 8 nitrogen and oxygen atoms in total. The van der Waals surface area contributed by atoms with Gasteiger partial charge in [0.05, 0.1) is 69.8 Å². The third-order valence-corrected chi connectivity index (χ3v) is 8.78. The molecule has 46 heavy (non-hydrogen) atoms. The van der Waals surface area contributed by atoms with Gasteiger partial charge in [0.15, 0.2) is 0 Å². The van der Waals surface area contributed by atoms with Crippen molar-refractivity contribution in [1.29, 1.82) is 0 Å². The van der Waals surface area contributed by atoms with Crippen molar-refractivity contribution in [3.05, 3.63) is 83.4 Å². The van der Waals surface area contributed by atoms with Crippen molar-refractivity contribution in [2.75, 3.05) is 77.4 Å². The van der Waals surface area contributed by atoms with Crippen LogP contribution in [0, 0.1) is 0 Å². The lowest BCUT2D eigenvalue weighted by atomic mass is 10.1. The molecule has 248 valence electrons. The zero-order valence-electron chi connectivity index (χ0n) is 25.7. The van der Waals surface area contributed by atoms with Gasteiger partial charge in [-0.2, -0.15) is 13.2 Å². The highest BCUT2D eigenvalue weighted by molar-refractivity contribution is 7.99. The second kappa shape index (κ2) is 17.1. The number of ether oxygens (including phenoxy) is 4. The molecule has 2 aliphatic rings. The molecule has 5 rings (SSSR count). The number of benzene rings is 3. The van der Waals surface area contributed by atoms with Crippen molar-refractivity contribution in [1.82, 2.24) is 10.2 Å². The van der Waals surface area contributed by atoms with Crippen LogP contribution >= 0.6 is 11.8 Å². The maximum atomic E-state index is 13.5. The summed E-state index contributed by atoms with van der Waals surface area (Å²) >= 11 is 1.43. The normalized spacial score (nSPS) is 17.3. The maximum Gasteiger partial charge on any atom is 0.416 e. The minimum absolute atomic E-state index is 0.129. The van der Waals surface area contributed by atoms with Crippen molar-refractivity contribution < 1.29 is 36.9 Å². The number of anilines is 2. The molecule has 3 aromatic carbocycles.